The van der Waals surface area contributed by atoms with Crippen LogP contribution in [0.5, 0.6) is 0 Å². The highest BCUT2D eigenvalue weighted by Gasteiger charge is 2.52. The minimum Gasteiger partial charge on any atom is -0.386 e. The van der Waals surface area contributed by atoms with Gasteiger partial charge >= 0.3 is 0 Å². The summed E-state index contributed by atoms with van der Waals surface area (Å²) in [4.78, 5) is 0. The first kappa shape index (κ1) is 16.8. The zero-order valence-corrected chi connectivity index (χ0v) is 14.2. The number of fused-ring (bicyclic) bond motifs is 1. The molecule has 0 bridgehead atoms. The van der Waals surface area contributed by atoms with Gasteiger partial charge in [0.15, 0.2) is 0 Å². The summed E-state index contributed by atoms with van der Waals surface area (Å²) in [6, 6.07) is 0. The Kier molecular flexibility index (Phi) is 4.70. The fourth-order valence-electron chi connectivity index (χ4n) is 4.05. The van der Waals surface area contributed by atoms with Gasteiger partial charge in [-0.3, -0.25) is 0 Å². The number of aliphatic hydroxyl groups excluding tert-OH is 1. The Hall–Kier alpha value is -0.600. The maximum absolute atomic E-state index is 11.4. The highest BCUT2D eigenvalue weighted by atomic mass is 16.3. The predicted octanol–water partition coefficient (Wildman–Crippen LogP) is 4.37. The van der Waals surface area contributed by atoms with Crippen LogP contribution in [0.3, 0.4) is 0 Å². The SMILES string of the molecule is CCCC[C@@]1(O)[C@@H](O)C2=CCCC[C@]2(C)/C=C\CC1(C)C. The molecule has 0 aromatic heterocycles. The molecule has 2 aliphatic rings. The number of allylic oxidation sites excluding steroid dienone is 3. The predicted molar refractivity (Wildman–Crippen MR) is 88.1 cm³/mol. The van der Waals surface area contributed by atoms with Crippen molar-refractivity contribution in [1.82, 2.24) is 0 Å². The third-order valence-electron chi connectivity index (χ3n) is 5.87. The van der Waals surface area contributed by atoms with E-state index in [1.165, 1.54) is 0 Å². The van der Waals surface area contributed by atoms with Crippen LogP contribution in [0, 0.1) is 10.8 Å². The molecule has 0 spiro atoms. The fourth-order valence-corrected chi connectivity index (χ4v) is 4.05. The van der Waals surface area contributed by atoms with E-state index in [-0.39, 0.29) is 10.8 Å². The van der Waals surface area contributed by atoms with Gasteiger partial charge in [0.1, 0.15) is 6.10 Å². The van der Waals surface area contributed by atoms with Crippen LogP contribution in [0.2, 0.25) is 0 Å². The van der Waals surface area contributed by atoms with E-state index in [0.29, 0.717) is 6.42 Å². The van der Waals surface area contributed by atoms with Crippen molar-refractivity contribution >= 4 is 0 Å². The number of unbranched alkanes of at least 4 members (excludes halogenated alkanes) is 1. The molecule has 0 aliphatic heterocycles. The van der Waals surface area contributed by atoms with Gasteiger partial charge in [0.25, 0.3) is 0 Å². The standard InChI is InChI=1S/C19H32O2/c1-5-6-14-19(21)16(20)15-10-7-8-12-18(15,4)13-9-11-17(19,2)3/h9-10,13,16,20-21H,5-8,11-12,14H2,1-4H3/b13-9-/t16-,18+,19+/m0/s1. The van der Waals surface area contributed by atoms with Gasteiger partial charge in [-0.15, -0.1) is 0 Å². The van der Waals surface area contributed by atoms with E-state index in [1.54, 1.807) is 0 Å². The van der Waals surface area contributed by atoms with E-state index in [1.807, 2.05) is 0 Å². The van der Waals surface area contributed by atoms with Crippen LogP contribution in [-0.4, -0.2) is 21.9 Å². The Bertz CT molecular complexity index is 435. The number of hydrogen-bond acceptors (Lipinski definition) is 2. The molecule has 2 heteroatoms. The monoisotopic (exact) mass is 292 g/mol. The van der Waals surface area contributed by atoms with Gasteiger partial charge in [0.05, 0.1) is 5.60 Å². The maximum Gasteiger partial charge on any atom is 0.105 e. The summed E-state index contributed by atoms with van der Waals surface area (Å²) in [5.74, 6) is 0. The molecule has 120 valence electrons. The molecule has 0 unspecified atom stereocenters. The van der Waals surface area contributed by atoms with Gasteiger partial charge in [-0.25, -0.2) is 0 Å². The summed E-state index contributed by atoms with van der Waals surface area (Å²) in [5, 5.41) is 22.5. The van der Waals surface area contributed by atoms with E-state index in [4.69, 9.17) is 0 Å². The summed E-state index contributed by atoms with van der Waals surface area (Å²) in [7, 11) is 0. The van der Waals surface area contributed by atoms with Crippen molar-refractivity contribution in [3.8, 4) is 0 Å². The molecule has 0 amide bonds. The Balaban J connectivity index is 2.47. The summed E-state index contributed by atoms with van der Waals surface area (Å²) in [6.45, 7) is 8.51. The zero-order chi connectivity index (χ0) is 15.7. The second kappa shape index (κ2) is 5.89. The van der Waals surface area contributed by atoms with Crippen molar-refractivity contribution in [2.24, 2.45) is 10.8 Å². The second-order valence-corrected chi connectivity index (χ2v) is 7.89. The third kappa shape index (κ3) is 2.85. The number of rotatable bonds is 3. The van der Waals surface area contributed by atoms with Gasteiger partial charge < -0.3 is 10.2 Å². The first-order valence-electron chi connectivity index (χ1n) is 8.55. The third-order valence-corrected chi connectivity index (χ3v) is 5.87. The molecule has 0 radical (unpaired) electrons. The van der Waals surface area contributed by atoms with E-state index < -0.39 is 11.7 Å². The van der Waals surface area contributed by atoms with Crippen LogP contribution in [0.15, 0.2) is 23.8 Å². The van der Waals surface area contributed by atoms with Crippen LogP contribution < -0.4 is 0 Å². The van der Waals surface area contributed by atoms with Gasteiger partial charge in [-0.1, -0.05) is 58.8 Å². The quantitative estimate of drug-likeness (QED) is 0.758. The molecule has 2 aliphatic carbocycles. The van der Waals surface area contributed by atoms with Crippen LogP contribution in [0.4, 0.5) is 0 Å². The van der Waals surface area contributed by atoms with Crippen molar-refractivity contribution in [3.63, 3.8) is 0 Å². The molecule has 0 aromatic carbocycles. The molecule has 2 rings (SSSR count). The minimum absolute atomic E-state index is 0.0889. The molecule has 21 heavy (non-hydrogen) atoms. The summed E-state index contributed by atoms with van der Waals surface area (Å²) in [6.07, 6.45) is 12.6. The Labute approximate surface area is 130 Å². The highest BCUT2D eigenvalue weighted by molar-refractivity contribution is 5.32. The minimum atomic E-state index is -1.04. The normalized spacial score (nSPS) is 40.7. The van der Waals surface area contributed by atoms with Gasteiger partial charge in [0, 0.05) is 5.41 Å². The summed E-state index contributed by atoms with van der Waals surface area (Å²) >= 11 is 0. The van der Waals surface area contributed by atoms with Crippen molar-refractivity contribution in [1.29, 1.82) is 0 Å². The Morgan fingerprint density at radius 3 is 2.67 bits per heavy atom. The van der Waals surface area contributed by atoms with Crippen LogP contribution in [0.25, 0.3) is 0 Å². The van der Waals surface area contributed by atoms with Crippen molar-refractivity contribution in [2.45, 2.75) is 84.3 Å². The number of aliphatic hydroxyl groups is 2. The lowest BCUT2D eigenvalue weighted by Gasteiger charge is -2.51. The van der Waals surface area contributed by atoms with Gasteiger partial charge in [0.2, 0.25) is 0 Å². The van der Waals surface area contributed by atoms with Crippen molar-refractivity contribution in [2.75, 3.05) is 0 Å². The summed E-state index contributed by atoms with van der Waals surface area (Å²) in [5.41, 5.74) is -0.416. The molecule has 0 fully saturated rings. The second-order valence-electron chi connectivity index (χ2n) is 7.89. The molecule has 2 nitrogen and oxygen atoms in total. The Morgan fingerprint density at radius 2 is 2.00 bits per heavy atom. The molecule has 2 N–H and O–H groups in total. The molecule has 0 saturated heterocycles. The van der Waals surface area contributed by atoms with Crippen molar-refractivity contribution in [3.05, 3.63) is 23.8 Å². The smallest absolute Gasteiger partial charge is 0.105 e. The van der Waals surface area contributed by atoms with Crippen LogP contribution in [-0.2, 0) is 0 Å². The van der Waals surface area contributed by atoms with E-state index in [0.717, 1.165) is 44.1 Å². The van der Waals surface area contributed by atoms with Crippen molar-refractivity contribution < 1.29 is 10.2 Å². The first-order chi connectivity index (χ1) is 9.77. The van der Waals surface area contributed by atoms with E-state index in [9.17, 15) is 10.2 Å². The van der Waals surface area contributed by atoms with Crippen LogP contribution >= 0.6 is 0 Å². The highest BCUT2D eigenvalue weighted by Crippen LogP contribution is 2.51. The molecule has 0 heterocycles. The lowest BCUT2D eigenvalue weighted by molar-refractivity contribution is -0.145. The topological polar surface area (TPSA) is 40.5 Å². The van der Waals surface area contributed by atoms with Crippen LogP contribution in [0.1, 0.15) is 72.6 Å². The molecule has 3 atom stereocenters. The Morgan fingerprint density at radius 1 is 1.29 bits per heavy atom. The molecular weight excluding hydrogens is 260 g/mol. The zero-order valence-electron chi connectivity index (χ0n) is 14.2. The van der Waals surface area contributed by atoms with E-state index in [2.05, 4.69) is 45.9 Å². The summed E-state index contributed by atoms with van der Waals surface area (Å²) < 4.78 is 0. The fraction of sp³-hybridized carbons (Fsp3) is 0.789. The molecular formula is C19H32O2. The lowest BCUT2D eigenvalue weighted by atomic mass is 9.59. The molecule has 0 saturated carbocycles. The van der Waals surface area contributed by atoms with E-state index >= 15 is 0 Å². The first-order valence-corrected chi connectivity index (χ1v) is 8.55. The maximum atomic E-state index is 11.4. The average Bonchev–Trinajstić information content (AvgIpc) is 2.43. The number of hydrogen-bond donors (Lipinski definition) is 2. The lowest BCUT2D eigenvalue weighted by Crippen LogP contribution is -2.56. The molecule has 0 aromatic rings. The average molecular weight is 292 g/mol. The van der Waals surface area contributed by atoms with Gasteiger partial charge in [-0.2, -0.15) is 0 Å². The van der Waals surface area contributed by atoms with Gasteiger partial charge in [-0.05, 0) is 43.1 Å². The largest absolute Gasteiger partial charge is 0.386 e.